The van der Waals surface area contributed by atoms with Gasteiger partial charge in [0.25, 0.3) is 0 Å². The summed E-state index contributed by atoms with van der Waals surface area (Å²) in [5.41, 5.74) is -0.335. The van der Waals surface area contributed by atoms with E-state index < -0.39 is 11.9 Å². The van der Waals surface area contributed by atoms with Gasteiger partial charge in [0, 0.05) is 0 Å². The maximum absolute atomic E-state index is 11.3. The molecule has 6 nitrogen and oxygen atoms in total. The normalized spacial score (nSPS) is 11.2. The summed E-state index contributed by atoms with van der Waals surface area (Å²) in [5.74, 6) is -1.46. The Kier molecular flexibility index (Phi) is 8.14. The van der Waals surface area contributed by atoms with Gasteiger partial charge in [0.2, 0.25) is 0 Å². The molecule has 0 aliphatic heterocycles. The molecule has 0 N–H and O–H groups in total. The first-order valence-electron chi connectivity index (χ1n) is 5.65. The first-order chi connectivity index (χ1) is 9.10. The molecule has 0 rings (SSSR count). The lowest BCUT2D eigenvalue weighted by molar-refractivity contribution is -0.138. The summed E-state index contributed by atoms with van der Waals surface area (Å²) in [4.78, 5) is 22.5. The Morgan fingerprint density at radius 1 is 0.947 bits per heavy atom. The van der Waals surface area contributed by atoms with Crippen LogP contribution in [0.4, 0.5) is 0 Å². The molecule has 0 atom stereocenters. The van der Waals surface area contributed by atoms with Crippen LogP contribution in [-0.4, -0.2) is 25.2 Å². The molecule has 19 heavy (non-hydrogen) atoms. The average Bonchev–Trinajstić information content (AvgIpc) is 2.39. The van der Waals surface area contributed by atoms with Crippen LogP contribution < -0.4 is 0 Å². The van der Waals surface area contributed by atoms with E-state index in [-0.39, 0.29) is 30.8 Å². The summed E-state index contributed by atoms with van der Waals surface area (Å²) < 4.78 is 9.32. The van der Waals surface area contributed by atoms with Crippen LogP contribution in [-0.2, 0) is 19.1 Å². The fourth-order valence-corrected chi connectivity index (χ4v) is 1.06. The predicted octanol–water partition coefficient (Wildman–Crippen LogP) is 1.40. The first-order valence-corrected chi connectivity index (χ1v) is 5.65. The Balaban J connectivity index is 4.77. The van der Waals surface area contributed by atoms with Crippen LogP contribution in [0.25, 0.3) is 0 Å². The molecule has 0 aromatic heterocycles. The van der Waals surface area contributed by atoms with Gasteiger partial charge in [0.1, 0.15) is 23.3 Å². The SMILES string of the molecule is CCOC(=O)C(C#N)=CCC=C(C#N)C(=O)OCC. The maximum Gasteiger partial charge on any atom is 0.348 e. The fraction of sp³-hybridized carbons (Fsp3) is 0.385. The zero-order chi connectivity index (χ0) is 14.7. The monoisotopic (exact) mass is 262 g/mol. The van der Waals surface area contributed by atoms with Crippen molar-refractivity contribution in [3.8, 4) is 12.1 Å². The molecule has 0 heterocycles. The number of hydrogen-bond donors (Lipinski definition) is 0. The summed E-state index contributed by atoms with van der Waals surface area (Å²) in [7, 11) is 0. The van der Waals surface area contributed by atoms with Crippen LogP contribution in [0.15, 0.2) is 23.3 Å². The number of nitriles is 2. The molecule has 0 fully saturated rings. The molecule has 6 heteroatoms. The third-order valence-electron chi connectivity index (χ3n) is 1.88. The van der Waals surface area contributed by atoms with E-state index in [1.54, 1.807) is 26.0 Å². The Morgan fingerprint density at radius 3 is 1.58 bits per heavy atom. The number of nitrogens with zero attached hydrogens (tertiary/aromatic N) is 2. The predicted molar refractivity (Wildman–Crippen MR) is 65.3 cm³/mol. The van der Waals surface area contributed by atoms with Crippen molar-refractivity contribution < 1.29 is 19.1 Å². The molecule has 0 aliphatic carbocycles. The molecule has 0 aliphatic rings. The lowest BCUT2D eigenvalue weighted by Gasteiger charge is -1.99. The van der Waals surface area contributed by atoms with Gasteiger partial charge in [-0.25, -0.2) is 9.59 Å². The average molecular weight is 262 g/mol. The lowest BCUT2D eigenvalue weighted by atomic mass is 10.2. The van der Waals surface area contributed by atoms with Crippen LogP contribution >= 0.6 is 0 Å². The number of carbonyl (C=O) groups is 2. The highest BCUT2D eigenvalue weighted by atomic mass is 16.5. The Morgan fingerprint density at radius 2 is 1.32 bits per heavy atom. The second-order valence-corrected chi connectivity index (χ2v) is 3.14. The standard InChI is InChI=1S/C13H14N2O4/c1-3-18-12(16)10(8-14)6-5-7-11(9-15)13(17)19-4-2/h6-7H,3-5H2,1-2H3. The van der Waals surface area contributed by atoms with E-state index in [0.29, 0.717) is 0 Å². The van der Waals surface area contributed by atoms with E-state index >= 15 is 0 Å². The summed E-state index contributed by atoms with van der Waals surface area (Å²) in [6, 6.07) is 3.38. The maximum atomic E-state index is 11.3. The number of carbonyl (C=O) groups excluding carboxylic acids is 2. The van der Waals surface area contributed by atoms with Gasteiger partial charge in [-0.05, 0) is 20.3 Å². The first kappa shape index (κ1) is 16.4. The van der Waals surface area contributed by atoms with E-state index in [4.69, 9.17) is 10.5 Å². The molecule has 100 valence electrons. The summed E-state index contributed by atoms with van der Waals surface area (Å²) in [6.45, 7) is 3.59. The van der Waals surface area contributed by atoms with Gasteiger partial charge in [-0.3, -0.25) is 0 Å². The Hall–Kier alpha value is -2.60. The van der Waals surface area contributed by atoms with Crippen molar-refractivity contribution >= 4 is 11.9 Å². The number of hydrogen-bond acceptors (Lipinski definition) is 6. The number of ether oxygens (including phenoxy) is 2. The molecule has 0 aromatic rings. The quantitative estimate of drug-likeness (QED) is 0.407. The van der Waals surface area contributed by atoms with Crippen molar-refractivity contribution in [2.24, 2.45) is 0 Å². The second-order valence-electron chi connectivity index (χ2n) is 3.14. The van der Waals surface area contributed by atoms with Crippen LogP contribution in [0.3, 0.4) is 0 Å². The van der Waals surface area contributed by atoms with Gasteiger partial charge < -0.3 is 9.47 Å². The molecule has 0 saturated heterocycles. The third-order valence-corrected chi connectivity index (χ3v) is 1.88. The van der Waals surface area contributed by atoms with Crippen molar-refractivity contribution in [1.29, 1.82) is 10.5 Å². The van der Waals surface area contributed by atoms with Crippen molar-refractivity contribution in [3.05, 3.63) is 23.3 Å². The van der Waals surface area contributed by atoms with Crippen molar-refractivity contribution in [1.82, 2.24) is 0 Å². The minimum atomic E-state index is -0.729. The van der Waals surface area contributed by atoms with Crippen LogP contribution in [0.5, 0.6) is 0 Å². The lowest BCUT2D eigenvalue weighted by Crippen LogP contribution is -2.07. The minimum Gasteiger partial charge on any atom is -0.462 e. The molecule has 0 aromatic carbocycles. The van der Waals surface area contributed by atoms with Gasteiger partial charge in [-0.2, -0.15) is 10.5 Å². The fourth-order valence-electron chi connectivity index (χ4n) is 1.06. The number of esters is 2. The second kappa shape index (κ2) is 9.43. The number of rotatable bonds is 6. The van der Waals surface area contributed by atoms with Gasteiger partial charge in [0.15, 0.2) is 0 Å². The van der Waals surface area contributed by atoms with Crippen molar-refractivity contribution in [2.75, 3.05) is 13.2 Å². The zero-order valence-electron chi connectivity index (χ0n) is 10.8. The minimum absolute atomic E-state index is 0.0867. The molecular weight excluding hydrogens is 248 g/mol. The molecule has 0 spiro atoms. The van der Waals surface area contributed by atoms with Crippen molar-refractivity contribution in [3.63, 3.8) is 0 Å². The Bertz CT molecular complexity index is 434. The van der Waals surface area contributed by atoms with Gasteiger partial charge in [-0.1, -0.05) is 12.2 Å². The van der Waals surface area contributed by atoms with Crippen molar-refractivity contribution in [2.45, 2.75) is 20.3 Å². The van der Waals surface area contributed by atoms with E-state index in [1.165, 1.54) is 12.2 Å². The molecular formula is C13H14N2O4. The van der Waals surface area contributed by atoms with Gasteiger partial charge >= 0.3 is 11.9 Å². The van der Waals surface area contributed by atoms with E-state index in [0.717, 1.165) is 0 Å². The molecule has 0 amide bonds. The molecule has 0 saturated carbocycles. The third kappa shape index (κ3) is 6.04. The highest BCUT2D eigenvalue weighted by Gasteiger charge is 2.10. The molecule has 0 bridgehead atoms. The summed E-state index contributed by atoms with van der Waals surface area (Å²) >= 11 is 0. The highest BCUT2D eigenvalue weighted by Crippen LogP contribution is 2.04. The van der Waals surface area contributed by atoms with Crippen LogP contribution in [0, 0.1) is 22.7 Å². The largest absolute Gasteiger partial charge is 0.462 e. The highest BCUT2D eigenvalue weighted by molar-refractivity contribution is 5.93. The smallest absolute Gasteiger partial charge is 0.348 e. The Labute approximate surface area is 111 Å². The van der Waals surface area contributed by atoms with E-state index in [2.05, 4.69) is 9.47 Å². The van der Waals surface area contributed by atoms with Crippen LogP contribution in [0.1, 0.15) is 20.3 Å². The molecule has 0 unspecified atom stereocenters. The van der Waals surface area contributed by atoms with Gasteiger partial charge in [0.05, 0.1) is 13.2 Å². The van der Waals surface area contributed by atoms with Crippen LogP contribution in [0.2, 0.25) is 0 Å². The van der Waals surface area contributed by atoms with E-state index in [1.807, 2.05) is 0 Å². The van der Waals surface area contributed by atoms with E-state index in [9.17, 15) is 9.59 Å². The zero-order valence-corrected chi connectivity index (χ0v) is 10.8. The topological polar surface area (TPSA) is 100 Å². The number of allylic oxidation sites excluding steroid dienone is 2. The summed E-state index contributed by atoms with van der Waals surface area (Å²) in [5, 5.41) is 17.5. The summed E-state index contributed by atoms with van der Waals surface area (Å²) in [6.07, 6.45) is 2.66. The van der Waals surface area contributed by atoms with Gasteiger partial charge in [-0.15, -0.1) is 0 Å². The molecule has 0 radical (unpaired) electrons.